The van der Waals surface area contributed by atoms with E-state index in [0.29, 0.717) is 0 Å². The van der Waals surface area contributed by atoms with Crippen LogP contribution in [-0.2, 0) is 10.8 Å². The number of furan rings is 3. The Balaban J connectivity index is 0.975. The van der Waals surface area contributed by atoms with E-state index in [4.69, 9.17) is 13.3 Å². The molecule has 70 heavy (non-hydrogen) atoms. The Morgan fingerprint density at radius 2 is 0.743 bits per heavy atom. The topological polar surface area (TPSA) is 42.7 Å². The molecular formula is C66H45NO3. The zero-order chi connectivity index (χ0) is 46.6. The minimum Gasteiger partial charge on any atom is -0.456 e. The lowest BCUT2D eigenvalue weighted by atomic mass is 9.80. The molecule has 3 aromatic heterocycles. The third kappa shape index (κ3) is 5.25. The molecule has 0 fully saturated rings. The van der Waals surface area contributed by atoms with Gasteiger partial charge >= 0.3 is 0 Å². The first kappa shape index (κ1) is 39.4. The van der Waals surface area contributed by atoms with Gasteiger partial charge in [-0.1, -0.05) is 161 Å². The molecule has 0 amide bonds. The van der Waals surface area contributed by atoms with Crippen molar-refractivity contribution in [2.24, 2.45) is 0 Å². The normalized spacial score (nSPS) is 14.2. The van der Waals surface area contributed by atoms with E-state index in [1.54, 1.807) is 0 Å². The van der Waals surface area contributed by atoms with Crippen LogP contribution in [0, 0.1) is 0 Å². The summed E-state index contributed by atoms with van der Waals surface area (Å²) in [4.78, 5) is 2.47. The smallest absolute Gasteiger partial charge is 0.143 e. The minimum atomic E-state index is -0.340. The van der Waals surface area contributed by atoms with Crippen LogP contribution in [0.2, 0.25) is 0 Å². The van der Waals surface area contributed by atoms with Gasteiger partial charge in [0.1, 0.15) is 33.5 Å². The highest BCUT2D eigenvalue weighted by molar-refractivity contribution is 6.21. The molecule has 0 unspecified atom stereocenters. The summed E-state index contributed by atoms with van der Waals surface area (Å²) in [7, 11) is 0. The Bertz CT molecular complexity index is 4130. The highest BCUT2D eigenvalue weighted by Gasteiger charge is 2.41. The van der Waals surface area contributed by atoms with Gasteiger partial charge in [-0.3, -0.25) is 0 Å². The molecule has 4 heteroatoms. The molecule has 0 atom stereocenters. The van der Waals surface area contributed by atoms with Gasteiger partial charge in [-0.05, 0) is 122 Å². The van der Waals surface area contributed by atoms with E-state index in [1.165, 1.54) is 55.3 Å². The van der Waals surface area contributed by atoms with Crippen molar-refractivity contribution in [2.45, 2.75) is 38.5 Å². The molecule has 0 aliphatic heterocycles. The van der Waals surface area contributed by atoms with Crippen molar-refractivity contribution in [2.75, 3.05) is 4.90 Å². The van der Waals surface area contributed by atoms with Crippen LogP contribution in [0.25, 0.3) is 110 Å². The molecule has 0 spiro atoms. The van der Waals surface area contributed by atoms with Gasteiger partial charge in [-0.2, -0.15) is 0 Å². The van der Waals surface area contributed by atoms with E-state index < -0.39 is 0 Å². The van der Waals surface area contributed by atoms with E-state index in [0.717, 1.165) is 94.4 Å². The van der Waals surface area contributed by atoms with E-state index in [-0.39, 0.29) is 10.8 Å². The average Bonchev–Trinajstić information content (AvgIpc) is 4.18. The molecule has 0 radical (unpaired) electrons. The van der Waals surface area contributed by atoms with Crippen molar-refractivity contribution in [1.82, 2.24) is 0 Å². The standard InChI is InChI=1S/C66H45NO3/c1-65(2)49-34-40(30-32-42(49)58-51(65)36-47(38-18-7-5-8-19-38)63-61(58)45-23-12-15-27-55(45)69-63)67(53-25-17-29-57-60(53)44-22-11-14-26-54(44)68-57)41-31-33-43-50(35-41)66(3,4)52-37-48(39-20-9-6-10-21-39)64-62(59(43)52)46-24-13-16-28-56(46)70-64/h5-37H,1-4H3. The maximum atomic E-state index is 6.82. The number of hydrogen-bond acceptors (Lipinski definition) is 4. The fourth-order valence-electron chi connectivity index (χ4n) is 12.5. The average molecular weight is 900 g/mol. The second kappa shape index (κ2) is 14.0. The van der Waals surface area contributed by atoms with Crippen LogP contribution >= 0.6 is 0 Å². The van der Waals surface area contributed by atoms with Gasteiger partial charge in [0, 0.05) is 60.3 Å². The second-order valence-electron chi connectivity index (χ2n) is 20.3. The molecule has 0 saturated carbocycles. The molecule has 3 heterocycles. The van der Waals surface area contributed by atoms with E-state index in [9.17, 15) is 0 Å². The van der Waals surface area contributed by atoms with Gasteiger partial charge in [0.2, 0.25) is 0 Å². The van der Waals surface area contributed by atoms with E-state index >= 15 is 0 Å². The summed E-state index contributed by atoms with van der Waals surface area (Å²) in [5.41, 5.74) is 22.6. The highest BCUT2D eigenvalue weighted by Crippen LogP contribution is 2.59. The lowest BCUT2D eigenvalue weighted by Gasteiger charge is -2.30. The predicted molar refractivity (Wildman–Crippen MR) is 289 cm³/mol. The zero-order valence-electron chi connectivity index (χ0n) is 39.2. The summed E-state index contributed by atoms with van der Waals surface area (Å²) in [5.74, 6) is 0. The fourth-order valence-corrected chi connectivity index (χ4v) is 12.5. The first-order chi connectivity index (χ1) is 34.2. The first-order valence-corrected chi connectivity index (χ1v) is 24.3. The summed E-state index contributed by atoms with van der Waals surface area (Å²) in [6.07, 6.45) is 0. The van der Waals surface area contributed by atoms with Crippen molar-refractivity contribution >= 4 is 82.9 Å². The quantitative estimate of drug-likeness (QED) is 0.173. The molecule has 15 rings (SSSR count). The van der Waals surface area contributed by atoms with Crippen LogP contribution < -0.4 is 4.90 Å². The van der Waals surface area contributed by atoms with Crippen LogP contribution in [0.5, 0.6) is 0 Å². The van der Waals surface area contributed by atoms with Crippen molar-refractivity contribution in [3.8, 4) is 44.5 Å². The van der Waals surface area contributed by atoms with Gasteiger partial charge in [-0.25, -0.2) is 0 Å². The van der Waals surface area contributed by atoms with Crippen LogP contribution in [-0.4, -0.2) is 0 Å². The fraction of sp³-hybridized carbons (Fsp3) is 0.0909. The van der Waals surface area contributed by atoms with Gasteiger partial charge in [0.25, 0.3) is 0 Å². The molecule has 10 aromatic carbocycles. The SMILES string of the molecule is CC1(C)c2cc(N(c3ccc4c(c3)C(C)(C)c3cc(-c5ccccc5)c5oc6ccccc6c5c3-4)c3cccc4oc5ccccc5c34)ccc2-c2c1cc(-c1ccccc1)c1oc3ccccc3c21. The van der Waals surface area contributed by atoms with Crippen LogP contribution in [0.15, 0.2) is 213 Å². The number of hydrogen-bond donors (Lipinski definition) is 0. The second-order valence-corrected chi connectivity index (χ2v) is 20.3. The molecule has 13 aromatic rings. The summed E-state index contributed by atoms with van der Waals surface area (Å²) in [5, 5.41) is 6.80. The minimum absolute atomic E-state index is 0.340. The number of fused-ring (bicyclic) bond motifs is 17. The lowest BCUT2D eigenvalue weighted by Crippen LogP contribution is -2.18. The Morgan fingerprint density at radius 1 is 0.329 bits per heavy atom. The van der Waals surface area contributed by atoms with Crippen molar-refractivity contribution in [1.29, 1.82) is 0 Å². The third-order valence-electron chi connectivity index (χ3n) is 15.8. The number of anilines is 3. The van der Waals surface area contributed by atoms with E-state index in [2.05, 4.69) is 233 Å². The Labute approximate surface area is 404 Å². The molecule has 4 nitrogen and oxygen atoms in total. The predicted octanol–water partition coefficient (Wildman–Crippen LogP) is 18.8. The summed E-state index contributed by atoms with van der Waals surface area (Å²) >= 11 is 0. The molecule has 332 valence electrons. The zero-order valence-corrected chi connectivity index (χ0v) is 39.2. The molecule has 2 aliphatic rings. The first-order valence-electron chi connectivity index (χ1n) is 24.3. The molecular weight excluding hydrogens is 855 g/mol. The Hall–Kier alpha value is -8.60. The number of nitrogens with zero attached hydrogens (tertiary/aromatic N) is 1. The van der Waals surface area contributed by atoms with Crippen molar-refractivity contribution in [3.05, 3.63) is 222 Å². The lowest BCUT2D eigenvalue weighted by molar-refractivity contribution is 0.657. The number of para-hydroxylation sites is 3. The molecule has 0 bridgehead atoms. The van der Waals surface area contributed by atoms with Gasteiger partial charge in [0.05, 0.1) is 11.1 Å². The molecule has 0 N–H and O–H groups in total. The summed E-state index contributed by atoms with van der Waals surface area (Å²) in [6.45, 7) is 9.55. The largest absolute Gasteiger partial charge is 0.456 e. The number of rotatable bonds is 5. The van der Waals surface area contributed by atoms with Crippen molar-refractivity contribution < 1.29 is 13.3 Å². The maximum Gasteiger partial charge on any atom is 0.143 e. The Morgan fingerprint density at radius 3 is 1.23 bits per heavy atom. The van der Waals surface area contributed by atoms with Gasteiger partial charge in [-0.15, -0.1) is 0 Å². The Kier molecular flexibility index (Phi) is 7.88. The highest BCUT2D eigenvalue weighted by atomic mass is 16.3. The monoisotopic (exact) mass is 899 g/mol. The number of benzene rings is 10. The summed E-state index contributed by atoms with van der Waals surface area (Å²) < 4.78 is 20.2. The molecule has 0 saturated heterocycles. The van der Waals surface area contributed by atoms with Crippen LogP contribution in [0.4, 0.5) is 17.1 Å². The van der Waals surface area contributed by atoms with E-state index in [1.807, 2.05) is 0 Å². The van der Waals surface area contributed by atoms with Crippen molar-refractivity contribution in [3.63, 3.8) is 0 Å². The van der Waals surface area contributed by atoms with Crippen LogP contribution in [0.3, 0.4) is 0 Å². The van der Waals surface area contributed by atoms with Gasteiger partial charge in [0.15, 0.2) is 0 Å². The third-order valence-corrected chi connectivity index (χ3v) is 15.8. The summed E-state index contributed by atoms with van der Waals surface area (Å²) in [6, 6.07) is 72.3. The maximum absolute atomic E-state index is 6.82. The van der Waals surface area contributed by atoms with Crippen LogP contribution in [0.1, 0.15) is 49.9 Å². The molecule has 2 aliphatic carbocycles. The van der Waals surface area contributed by atoms with Gasteiger partial charge < -0.3 is 18.2 Å².